The minimum absolute atomic E-state index is 0.157. The van der Waals surface area contributed by atoms with Crippen LogP contribution in [0, 0.1) is 16.7 Å². The third-order valence-electron chi connectivity index (χ3n) is 2.51. The molecule has 0 unspecified atom stereocenters. The van der Waals surface area contributed by atoms with Crippen LogP contribution in [0.2, 0.25) is 5.02 Å². The molecule has 0 radical (unpaired) electrons. The predicted octanol–water partition coefficient (Wildman–Crippen LogP) is 3.02. The molecule has 1 rings (SSSR count). The van der Waals surface area contributed by atoms with Gasteiger partial charge >= 0.3 is 5.97 Å². The van der Waals surface area contributed by atoms with Crippen LogP contribution < -0.4 is 5.73 Å². The van der Waals surface area contributed by atoms with Crippen LogP contribution in [0.3, 0.4) is 0 Å². The molecule has 0 heterocycles. The second-order valence-electron chi connectivity index (χ2n) is 4.59. The van der Waals surface area contributed by atoms with Crippen LogP contribution in [0.25, 0.3) is 0 Å². The van der Waals surface area contributed by atoms with Gasteiger partial charge in [0.15, 0.2) is 0 Å². The number of nitrogens with zero attached hydrogens (tertiary/aromatic N) is 1. The lowest BCUT2D eigenvalue weighted by Gasteiger charge is -2.15. The maximum atomic E-state index is 11.8. The van der Waals surface area contributed by atoms with Gasteiger partial charge in [-0.25, -0.2) is 4.79 Å². The van der Waals surface area contributed by atoms with E-state index in [9.17, 15) is 4.79 Å². The molecule has 0 fully saturated rings. The quantitative estimate of drug-likeness (QED) is 0.671. The zero-order valence-electron chi connectivity index (χ0n) is 10.4. The van der Waals surface area contributed by atoms with E-state index < -0.39 is 11.4 Å². The van der Waals surface area contributed by atoms with Gasteiger partial charge in [-0.15, -0.1) is 0 Å². The number of ether oxygens (including phenoxy) is 1. The highest BCUT2D eigenvalue weighted by Crippen LogP contribution is 2.24. The van der Waals surface area contributed by atoms with Crippen molar-refractivity contribution < 1.29 is 9.53 Å². The van der Waals surface area contributed by atoms with E-state index >= 15 is 0 Å². The molecule has 0 atom stereocenters. The topological polar surface area (TPSA) is 76.1 Å². The Balaban J connectivity index is 2.65. The fraction of sp³-hybridized carbons (Fsp3) is 0.385. The van der Waals surface area contributed by atoms with Gasteiger partial charge in [0.05, 0.1) is 23.1 Å². The molecule has 0 saturated carbocycles. The average Bonchev–Trinajstić information content (AvgIpc) is 2.28. The lowest BCUT2D eigenvalue weighted by molar-refractivity contribution is 0.0476. The number of halogens is 1. The molecular weight excluding hydrogens is 252 g/mol. The van der Waals surface area contributed by atoms with E-state index in [0.717, 1.165) is 0 Å². The van der Waals surface area contributed by atoms with E-state index in [2.05, 4.69) is 6.07 Å². The third kappa shape index (κ3) is 3.64. The Hall–Kier alpha value is -1.73. The van der Waals surface area contributed by atoms with Gasteiger partial charge in [0, 0.05) is 5.69 Å². The van der Waals surface area contributed by atoms with Crippen LogP contribution in [-0.2, 0) is 4.74 Å². The summed E-state index contributed by atoms with van der Waals surface area (Å²) in [5.41, 5.74) is 5.61. The molecule has 4 nitrogen and oxygen atoms in total. The van der Waals surface area contributed by atoms with Gasteiger partial charge in [0.25, 0.3) is 0 Å². The molecule has 0 aromatic heterocycles. The van der Waals surface area contributed by atoms with Crippen LogP contribution in [0.15, 0.2) is 18.2 Å². The second-order valence-corrected chi connectivity index (χ2v) is 4.99. The molecule has 1 aromatic carbocycles. The number of hydrogen-bond acceptors (Lipinski definition) is 4. The van der Waals surface area contributed by atoms with Crippen molar-refractivity contribution in [1.82, 2.24) is 0 Å². The second kappa shape index (κ2) is 5.74. The van der Waals surface area contributed by atoms with E-state index in [1.54, 1.807) is 32.0 Å². The maximum absolute atomic E-state index is 11.8. The smallest absolute Gasteiger partial charge is 0.341 e. The number of anilines is 1. The Labute approximate surface area is 111 Å². The molecule has 2 N–H and O–H groups in total. The van der Waals surface area contributed by atoms with E-state index in [1.165, 1.54) is 0 Å². The molecule has 0 bridgehead atoms. The van der Waals surface area contributed by atoms with Gasteiger partial charge in [-0.2, -0.15) is 5.26 Å². The zero-order chi connectivity index (χ0) is 13.8. The summed E-state index contributed by atoms with van der Waals surface area (Å²) in [7, 11) is 0. The molecule has 5 heteroatoms. The van der Waals surface area contributed by atoms with E-state index in [4.69, 9.17) is 27.3 Å². The summed E-state index contributed by atoms with van der Waals surface area (Å²) < 4.78 is 5.07. The van der Waals surface area contributed by atoms with Crippen molar-refractivity contribution in [1.29, 1.82) is 5.26 Å². The molecule has 0 saturated heterocycles. The summed E-state index contributed by atoms with van der Waals surface area (Å²) in [5, 5.41) is 9.10. The fourth-order valence-electron chi connectivity index (χ4n) is 1.28. The zero-order valence-corrected chi connectivity index (χ0v) is 11.1. The van der Waals surface area contributed by atoms with Crippen molar-refractivity contribution in [3.63, 3.8) is 0 Å². The van der Waals surface area contributed by atoms with E-state index in [0.29, 0.717) is 6.42 Å². The minimum atomic E-state index is -0.563. The van der Waals surface area contributed by atoms with Gasteiger partial charge in [0.2, 0.25) is 0 Å². The molecule has 0 aliphatic heterocycles. The van der Waals surface area contributed by atoms with Gasteiger partial charge < -0.3 is 10.5 Å². The number of carbonyl (C=O) groups is 1. The van der Waals surface area contributed by atoms with Crippen molar-refractivity contribution in [3.05, 3.63) is 28.8 Å². The van der Waals surface area contributed by atoms with Crippen molar-refractivity contribution in [2.75, 3.05) is 12.3 Å². The van der Waals surface area contributed by atoms with Crippen LogP contribution >= 0.6 is 11.6 Å². The predicted molar refractivity (Wildman–Crippen MR) is 70.2 cm³/mol. The Morgan fingerprint density at radius 2 is 2.22 bits per heavy atom. The molecule has 0 amide bonds. The first-order chi connectivity index (χ1) is 8.37. The molecule has 18 heavy (non-hydrogen) atoms. The van der Waals surface area contributed by atoms with Crippen molar-refractivity contribution in [2.45, 2.75) is 20.3 Å². The summed E-state index contributed by atoms with van der Waals surface area (Å²) in [4.78, 5) is 11.8. The molecule has 96 valence electrons. The Morgan fingerprint density at radius 1 is 1.56 bits per heavy atom. The number of nitrogen functional groups attached to an aromatic ring is 1. The summed E-state index contributed by atoms with van der Waals surface area (Å²) in [5.74, 6) is -0.563. The third-order valence-corrected chi connectivity index (χ3v) is 2.83. The Morgan fingerprint density at radius 3 is 2.78 bits per heavy atom. The lowest BCUT2D eigenvalue weighted by Crippen LogP contribution is -2.15. The summed E-state index contributed by atoms with van der Waals surface area (Å²) in [6, 6.07) is 6.96. The molecule has 1 aromatic rings. The summed E-state index contributed by atoms with van der Waals surface area (Å²) in [6.07, 6.45) is 0.458. The van der Waals surface area contributed by atoms with E-state index in [-0.39, 0.29) is 22.9 Å². The first kappa shape index (κ1) is 14.3. The number of nitriles is 1. The highest BCUT2D eigenvalue weighted by atomic mass is 35.5. The molecule has 0 aliphatic carbocycles. The first-order valence-corrected chi connectivity index (χ1v) is 5.87. The van der Waals surface area contributed by atoms with Crippen molar-refractivity contribution >= 4 is 23.3 Å². The minimum Gasteiger partial charge on any atom is -0.462 e. The Kier molecular flexibility index (Phi) is 4.57. The van der Waals surface area contributed by atoms with Gasteiger partial charge in [-0.05, 0) is 32.4 Å². The van der Waals surface area contributed by atoms with Crippen LogP contribution in [0.4, 0.5) is 5.69 Å². The maximum Gasteiger partial charge on any atom is 0.341 e. The standard InChI is InChI=1S/C13H15ClN2O2/c1-13(2,8-15)6-7-18-12(17)11-9(14)4-3-5-10(11)16/h3-5H,6-7,16H2,1-2H3. The van der Waals surface area contributed by atoms with Gasteiger partial charge in [0.1, 0.15) is 5.56 Å². The first-order valence-electron chi connectivity index (χ1n) is 5.50. The molecule has 0 spiro atoms. The van der Waals surface area contributed by atoms with Gasteiger partial charge in [-0.1, -0.05) is 17.7 Å². The largest absolute Gasteiger partial charge is 0.462 e. The monoisotopic (exact) mass is 266 g/mol. The average molecular weight is 267 g/mol. The number of nitrogens with two attached hydrogens (primary N) is 1. The number of esters is 1. The van der Waals surface area contributed by atoms with Gasteiger partial charge in [-0.3, -0.25) is 0 Å². The summed E-state index contributed by atoms with van der Waals surface area (Å²) in [6.45, 7) is 3.72. The summed E-state index contributed by atoms with van der Waals surface area (Å²) >= 11 is 5.89. The fourth-order valence-corrected chi connectivity index (χ4v) is 1.54. The number of benzene rings is 1. The molecule has 0 aliphatic rings. The number of hydrogen-bond donors (Lipinski definition) is 1. The van der Waals surface area contributed by atoms with E-state index in [1.807, 2.05) is 0 Å². The number of carbonyl (C=O) groups excluding carboxylic acids is 1. The lowest BCUT2D eigenvalue weighted by atomic mass is 9.92. The number of rotatable bonds is 4. The highest BCUT2D eigenvalue weighted by Gasteiger charge is 2.19. The van der Waals surface area contributed by atoms with Crippen molar-refractivity contribution in [2.24, 2.45) is 5.41 Å². The SMILES string of the molecule is CC(C)(C#N)CCOC(=O)c1c(N)cccc1Cl. The van der Waals surface area contributed by atoms with Crippen LogP contribution in [-0.4, -0.2) is 12.6 Å². The molecular formula is C13H15ClN2O2. The van der Waals surface area contributed by atoms with Crippen LogP contribution in [0.1, 0.15) is 30.6 Å². The van der Waals surface area contributed by atoms with Crippen molar-refractivity contribution in [3.8, 4) is 6.07 Å². The normalized spacial score (nSPS) is 10.8. The Bertz CT molecular complexity index is 472. The highest BCUT2D eigenvalue weighted by molar-refractivity contribution is 6.34. The van der Waals surface area contributed by atoms with Crippen LogP contribution in [0.5, 0.6) is 0 Å².